The van der Waals surface area contributed by atoms with Gasteiger partial charge in [-0.05, 0) is 106 Å². The van der Waals surface area contributed by atoms with E-state index in [1.807, 2.05) is 91.0 Å². The van der Waals surface area contributed by atoms with Gasteiger partial charge in [0.05, 0.1) is 59.7 Å². The van der Waals surface area contributed by atoms with Crippen molar-refractivity contribution in [3.63, 3.8) is 0 Å². The highest BCUT2D eigenvalue weighted by Crippen LogP contribution is 2.28. The molecule has 1 aliphatic rings. The molecule has 4 heterocycles. The van der Waals surface area contributed by atoms with Crippen LogP contribution in [0.1, 0.15) is 48.5 Å². The number of esters is 3. The van der Waals surface area contributed by atoms with Gasteiger partial charge in [-0.1, -0.05) is 36.4 Å². The van der Waals surface area contributed by atoms with Gasteiger partial charge in [-0.3, -0.25) is 14.7 Å². The molecule has 1 saturated heterocycles. The number of nitrogens with zero attached hydrogens (tertiary/aromatic N) is 6. The SMILES string of the molecule is COC(=O)c1cc(-c2ccc(OC)cc2)cc(CN2CCN(Cc3cc(-c4ccc(OC)cc4)cc(C(=O)OC)n3)CCN(Cc3cc(-c4ccc(OC)cc4)cc(C(=O)OC)n3)CC2)n1. The van der Waals surface area contributed by atoms with Gasteiger partial charge in [0.2, 0.25) is 0 Å². The summed E-state index contributed by atoms with van der Waals surface area (Å²) in [6.45, 7) is 5.20. The second-order valence-electron chi connectivity index (χ2n) is 15.7. The Bertz CT molecular complexity index is 2320. The number of carbonyl (C=O) groups excluding carboxylic acids is 3. The van der Waals surface area contributed by atoms with Crippen molar-refractivity contribution >= 4 is 17.9 Å². The first-order chi connectivity index (χ1) is 32.1. The lowest BCUT2D eigenvalue weighted by Crippen LogP contribution is -2.36. The summed E-state index contributed by atoms with van der Waals surface area (Å²) in [6.07, 6.45) is 0. The van der Waals surface area contributed by atoms with Crippen LogP contribution < -0.4 is 14.2 Å². The van der Waals surface area contributed by atoms with Crippen LogP contribution in [0, 0.1) is 0 Å². The summed E-state index contributed by atoms with van der Waals surface area (Å²) in [5, 5.41) is 0. The molecule has 0 amide bonds. The molecule has 0 N–H and O–H groups in total. The summed E-state index contributed by atoms with van der Waals surface area (Å²) in [5.74, 6) is 0.584. The van der Waals surface area contributed by atoms with E-state index in [2.05, 4.69) is 14.7 Å². The van der Waals surface area contributed by atoms with Crippen molar-refractivity contribution in [2.75, 3.05) is 81.9 Å². The number of benzene rings is 3. The number of hydrogen-bond acceptors (Lipinski definition) is 15. The maximum atomic E-state index is 13.0. The van der Waals surface area contributed by atoms with Gasteiger partial charge in [0.15, 0.2) is 0 Å². The Balaban J connectivity index is 1.22. The largest absolute Gasteiger partial charge is 0.497 e. The molecule has 3 aromatic heterocycles. The van der Waals surface area contributed by atoms with Crippen molar-refractivity contribution < 1.29 is 42.8 Å². The van der Waals surface area contributed by atoms with Crippen molar-refractivity contribution in [3.8, 4) is 50.6 Å². The highest BCUT2D eigenvalue weighted by Gasteiger charge is 2.22. The first-order valence-electron chi connectivity index (χ1n) is 21.5. The number of rotatable bonds is 15. The Kier molecular flexibility index (Phi) is 15.7. The lowest BCUT2D eigenvalue weighted by atomic mass is 10.0. The fourth-order valence-corrected chi connectivity index (χ4v) is 7.83. The molecule has 0 bridgehead atoms. The van der Waals surface area contributed by atoms with Gasteiger partial charge in [0, 0.05) is 58.9 Å². The van der Waals surface area contributed by atoms with Crippen LogP contribution in [0.4, 0.5) is 0 Å². The second-order valence-corrected chi connectivity index (χ2v) is 15.7. The molecule has 15 nitrogen and oxygen atoms in total. The predicted octanol–water partition coefficient (Wildman–Crippen LogP) is 7.08. The molecular formula is C51H54N6O9. The summed E-state index contributed by atoms with van der Waals surface area (Å²) in [6, 6.07) is 34.2. The predicted molar refractivity (Wildman–Crippen MR) is 249 cm³/mol. The average Bonchev–Trinajstić information content (AvgIpc) is 3.45. The van der Waals surface area contributed by atoms with E-state index in [4.69, 9.17) is 43.4 Å². The Morgan fingerprint density at radius 3 is 0.833 bits per heavy atom. The van der Waals surface area contributed by atoms with E-state index >= 15 is 0 Å². The Morgan fingerprint density at radius 1 is 0.379 bits per heavy atom. The fraction of sp³-hybridized carbons (Fsp3) is 0.294. The zero-order valence-electron chi connectivity index (χ0n) is 38.1. The Morgan fingerprint density at radius 2 is 0.621 bits per heavy atom. The third-order valence-corrected chi connectivity index (χ3v) is 11.4. The number of pyridine rings is 3. The van der Waals surface area contributed by atoms with Crippen LogP contribution in [0.15, 0.2) is 109 Å². The molecule has 1 fully saturated rings. The highest BCUT2D eigenvalue weighted by atomic mass is 16.5. The van der Waals surface area contributed by atoms with Crippen LogP contribution >= 0.6 is 0 Å². The van der Waals surface area contributed by atoms with Crippen molar-refractivity contribution in [1.82, 2.24) is 29.7 Å². The van der Waals surface area contributed by atoms with E-state index in [9.17, 15) is 14.4 Å². The van der Waals surface area contributed by atoms with Gasteiger partial charge in [0.25, 0.3) is 0 Å². The second kappa shape index (κ2) is 22.1. The monoisotopic (exact) mass is 894 g/mol. The molecule has 6 aromatic rings. The molecule has 0 radical (unpaired) electrons. The van der Waals surface area contributed by atoms with Crippen LogP contribution in [0.5, 0.6) is 17.2 Å². The molecule has 0 spiro atoms. The zero-order chi connectivity index (χ0) is 46.6. The minimum Gasteiger partial charge on any atom is -0.497 e. The maximum Gasteiger partial charge on any atom is 0.356 e. The standard InChI is InChI=1S/C51H54N6O9/c1-61-43-13-7-34(8-14-43)37-25-40(52-46(28-37)49(58)64-4)31-55-19-21-56(32-41-26-38(29-47(53-41)50(59)65-5)35-9-15-44(62-2)16-10-35)23-24-57(22-20-55)33-42-27-39(30-48(54-42)51(60)66-6)36-11-17-45(63-3)18-12-36/h7-18,25-30H,19-24,31-33H2,1-6H3. The molecule has 0 unspecified atom stereocenters. The van der Waals surface area contributed by atoms with E-state index in [1.165, 1.54) is 21.3 Å². The number of carbonyl (C=O) groups is 3. The maximum absolute atomic E-state index is 13.0. The summed E-state index contributed by atoms with van der Waals surface area (Å²) in [5.41, 5.74) is 7.91. The van der Waals surface area contributed by atoms with E-state index < -0.39 is 17.9 Å². The third-order valence-electron chi connectivity index (χ3n) is 11.4. The van der Waals surface area contributed by atoms with Gasteiger partial charge in [-0.25, -0.2) is 29.3 Å². The molecular weight excluding hydrogens is 841 g/mol. The van der Waals surface area contributed by atoms with Crippen LogP contribution in [0.2, 0.25) is 0 Å². The molecule has 342 valence electrons. The number of ether oxygens (including phenoxy) is 6. The van der Waals surface area contributed by atoms with Crippen molar-refractivity contribution in [2.45, 2.75) is 19.6 Å². The molecule has 7 rings (SSSR count). The quantitative estimate of drug-likeness (QED) is 0.0761. The van der Waals surface area contributed by atoms with E-state index in [0.717, 1.165) is 50.6 Å². The fourth-order valence-electron chi connectivity index (χ4n) is 7.83. The van der Waals surface area contributed by atoms with E-state index in [-0.39, 0.29) is 17.1 Å². The molecule has 66 heavy (non-hydrogen) atoms. The van der Waals surface area contributed by atoms with Gasteiger partial charge in [-0.15, -0.1) is 0 Å². The summed E-state index contributed by atoms with van der Waals surface area (Å²) < 4.78 is 31.5. The Labute approximate surface area is 384 Å². The first-order valence-corrected chi connectivity index (χ1v) is 21.5. The zero-order valence-corrected chi connectivity index (χ0v) is 38.1. The average molecular weight is 895 g/mol. The Hall–Kier alpha value is -7.20. The molecule has 15 heteroatoms. The topological polar surface area (TPSA) is 155 Å². The lowest BCUT2D eigenvalue weighted by Gasteiger charge is -2.26. The third kappa shape index (κ3) is 11.9. The smallest absolute Gasteiger partial charge is 0.356 e. The first kappa shape index (κ1) is 46.8. The van der Waals surface area contributed by atoms with Crippen LogP contribution in [-0.4, -0.2) is 129 Å². The van der Waals surface area contributed by atoms with Crippen LogP contribution in [0.3, 0.4) is 0 Å². The van der Waals surface area contributed by atoms with E-state index in [1.54, 1.807) is 39.5 Å². The van der Waals surface area contributed by atoms with Gasteiger partial charge in [-0.2, -0.15) is 0 Å². The normalized spacial score (nSPS) is 13.7. The van der Waals surface area contributed by atoms with Crippen molar-refractivity contribution in [3.05, 3.63) is 143 Å². The van der Waals surface area contributed by atoms with Gasteiger partial charge < -0.3 is 28.4 Å². The highest BCUT2D eigenvalue weighted by molar-refractivity contribution is 5.90. The summed E-state index contributed by atoms with van der Waals surface area (Å²) in [7, 11) is 8.90. The van der Waals surface area contributed by atoms with Crippen molar-refractivity contribution in [2.24, 2.45) is 0 Å². The molecule has 1 aliphatic heterocycles. The minimum absolute atomic E-state index is 0.210. The van der Waals surface area contributed by atoms with Crippen LogP contribution in [0.25, 0.3) is 33.4 Å². The number of methoxy groups -OCH3 is 6. The van der Waals surface area contributed by atoms with E-state index in [0.29, 0.717) is 76.0 Å². The summed E-state index contributed by atoms with van der Waals surface area (Å²) >= 11 is 0. The molecule has 0 saturated carbocycles. The molecule has 3 aromatic carbocycles. The molecule has 0 atom stereocenters. The minimum atomic E-state index is -0.528. The molecule has 0 aliphatic carbocycles. The van der Waals surface area contributed by atoms with Gasteiger partial charge in [0.1, 0.15) is 34.3 Å². The summed E-state index contributed by atoms with van der Waals surface area (Å²) in [4.78, 5) is 60.2. The van der Waals surface area contributed by atoms with Crippen LogP contribution in [-0.2, 0) is 33.8 Å². The lowest BCUT2D eigenvalue weighted by molar-refractivity contribution is 0.0584. The number of hydrogen-bond donors (Lipinski definition) is 0. The van der Waals surface area contributed by atoms with Gasteiger partial charge >= 0.3 is 17.9 Å². The van der Waals surface area contributed by atoms with Crippen molar-refractivity contribution in [1.29, 1.82) is 0 Å². The number of aromatic nitrogens is 3.